The van der Waals surface area contributed by atoms with Crippen molar-refractivity contribution in [3.63, 3.8) is 0 Å². The molecule has 0 heterocycles. The summed E-state index contributed by atoms with van der Waals surface area (Å²) in [4.78, 5) is 22.4. The predicted molar refractivity (Wildman–Crippen MR) is 123 cm³/mol. The Labute approximate surface area is 183 Å². The van der Waals surface area contributed by atoms with Crippen molar-refractivity contribution in [2.24, 2.45) is 10.8 Å². The highest BCUT2D eigenvalue weighted by Crippen LogP contribution is 2.26. The number of rotatable bonds is 14. The van der Waals surface area contributed by atoms with Crippen molar-refractivity contribution in [2.45, 2.75) is 106 Å². The first-order chi connectivity index (χ1) is 13.9. The molecule has 0 bridgehead atoms. The van der Waals surface area contributed by atoms with E-state index in [1.54, 1.807) is 27.7 Å². The second-order valence-corrected chi connectivity index (χ2v) is 10.2. The minimum atomic E-state index is -0.715. The van der Waals surface area contributed by atoms with Gasteiger partial charge < -0.3 is 10.2 Å². The number of carboxylic acid groups (broad SMARTS) is 2. The van der Waals surface area contributed by atoms with E-state index in [1.165, 1.54) is 22.3 Å². The van der Waals surface area contributed by atoms with Crippen LogP contribution in [0.1, 0.15) is 101 Å². The van der Waals surface area contributed by atoms with Crippen LogP contribution in [0.15, 0.2) is 12.1 Å². The lowest BCUT2D eigenvalue weighted by Gasteiger charge is -2.19. The number of hydrogen-bond acceptors (Lipinski definition) is 2. The van der Waals surface area contributed by atoms with Crippen molar-refractivity contribution in [2.75, 3.05) is 0 Å². The van der Waals surface area contributed by atoms with Crippen molar-refractivity contribution in [1.82, 2.24) is 0 Å². The van der Waals surface area contributed by atoms with Gasteiger partial charge in [0, 0.05) is 0 Å². The van der Waals surface area contributed by atoms with E-state index in [9.17, 15) is 19.8 Å². The molecule has 0 aliphatic carbocycles. The molecule has 0 aromatic heterocycles. The summed E-state index contributed by atoms with van der Waals surface area (Å²) >= 11 is 0. The van der Waals surface area contributed by atoms with Gasteiger partial charge in [0.15, 0.2) is 0 Å². The lowest BCUT2D eigenvalue weighted by atomic mass is 9.86. The zero-order chi connectivity index (χ0) is 22.9. The Bertz CT molecular complexity index is 659. The third kappa shape index (κ3) is 8.49. The van der Waals surface area contributed by atoms with Gasteiger partial charge in [-0.3, -0.25) is 9.59 Å². The molecule has 0 fully saturated rings. The molecule has 0 amide bonds. The molecular weight excluding hydrogens is 376 g/mol. The van der Waals surface area contributed by atoms with Crippen LogP contribution in [0.25, 0.3) is 0 Å². The van der Waals surface area contributed by atoms with Crippen molar-refractivity contribution < 1.29 is 19.8 Å². The summed E-state index contributed by atoms with van der Waals surface area (Å²) in [6.45, 7) is 11.6. The Morgan fingerprint density at radius 3 is 1.40 bits per heavy atom. The summed E-state index contributed by atoms with van der Waals surface area (Å²) < 4.78 is 0. The molecule has 1 rings (SSSR count). The number of aliphatic carboxylic acids is 2. The first kappa shape index (κ1) is 26.2. The summed E-state index contributed by atoms with van der Waals surface area (Å²) in [5.41, 5.74) is 4.24. The molecule has 0 saturated heterocycles. The van der Waals surface area contributed by atoms with Crippen molar-refractivity contribution >= 4 is 11.9 Å². The molecule has 0 spiro atoms. The number of benzene rings is 1. The van der Waals surface area contributed by atoms with Crippen molar-refractivity contribution in [1.29, 1.82) is 0 Å². The van der Waals surface area contributed by atoms with Gasteiger partial charge in [-0.15, -0.1) is 0 Å². The first-order valence-corrected chi connectivity index (χ1v) is 11.4. The number of hydrogen-bond donors (Lipinski definition) is 2. The number of carbonyl (C=O) groups is 2. The van der Waals surface area contributed by atoms with Crippen LogP contribution in [-0.2, 0) is 22.4 Å². The molecule has 0 saturated carbocycles. The van der Waals surface area contributed by atoms with Gasteiger partial charge in [-0.2, -0.15) is 0 Å². The fraction of sp³-hybridized carbons (Fsp3) is 0.692. The molecule has 4 nitrogen and oxygen atoms in total. The van der Waals surface area contributed by atoms with E-state index in [0.29, 0.717) is 0 Å². The highest BCUT2D eigenvalue weighted by Gasteiger charge is 2.26. The zero-order valence-corrected chi connectivity index (χ0v) is 19.9. The summed E-state index contributed by atoms with van der Waals surface area (Å²) in [6, 6.07) is 4.57. The monoisotopic (exact) mass is 418 g/mol. The SMILES string of the molecule is Cc1cc(CCCCCC(C)(C)C(=O)O)c(C)c(CCCCCC(C)(C)C(=O)O)c1. The van der Waals surface area contributed by atoms with Crippen LogP contribution < -0.4 is 0 Å². The molecule has 4 heteroatoms. The van der Waals surface area contributed by atoms with Crippen LogP contribution in [0, 0.1) is 24.7 Å². The smallest absolute Gasteiger partial charge is 0.309 e. The summed E-state index contributed by atoms with van der Waals surface area (Å²) in [5, 5.41) is 18.4. The van der Waals surface area contributed by atoms with E-state index in [-0.39, 0.29) is 0 Å². The summed E-state index contributed by atoms with van der Waals surface area (Å²) in [6.07, 6.45) is 9.71. The minimum Gasteiger partial charge on any atom is -0.481 e. The van der Waals surface area contributed by atoms with Crippen LogP contribution in [0.5, 0.6) is 0 Å². The van der Waals surface area contributed by atoms with E-state index in [1.807, 2.05) is 0 Å². The molecule has 1 aromatic carbocycles. The summed E-state index contributed by atoms with van der Waals surface area (Å²) in [5.74, 6) is -1.43. The Morgan fingerprint density at radius 1 is 0.700 bits per heavy atom. The van der Waals surface area contributed by atoms with E-state index in [0.717, 1.165) is 64.2 Å². The van der Waals surface area contributed by atoms with Crippen LogP contribution in [-0.4, -0.2) is 22.2 Å². The first-order valence-electron chi connectivity index (χ1n) is 11.4. The van der Waals surface area contributed by atoms with Crippen molar-refractivity contribution in [3.05, 3.63) is 34.4 Å². The fourth-order valence-electron chi connectivity index (χ4n) is 3.87. The Morgan fingerprint density at radius 2 is 1.07 bits per heavy atom. The van der Waals surface area contributed by atoms with Crippen LogP contribution in [0.4, 0.5) is 0 Å². The lowest BCUT2D eigenvalue weighted by Crippen LogP contribution is -2.23. The number of carboxylic acids is 2. The molecule has 0 unspecified atom stereocenters. The lowest BCUT2D eigenvalue weighted by molar-refractivity contribution is -0.148. The second kappa shape index (κ2) is 11.5. The maximum atomic E-state index is 11.2. The Hall–Kier alpha value is -1.84. The standard InChI is InChI=1S/C26H42O4/c1-19-17-21(13-9-7-11-15-25(3,4)23(27)28)20(2)22(18-19)14-10-8-12-16-26(5,6)24(29)30/h17-18H,7-16H2,1-6H3,(H,27,28)(H,29,30). The van der Waals surface area contributed by atoms with Gasteiger partial charge >= 0.3 is 11.9 Å². The maximum absolute atomic E-state index is 11.2. The van der Waals surface area contributed by atoms with Crippen LogP contribution >= 0.6 is 0 Å². The molecule has 170 valence electrons. The molecule has 1 aromatic rings. The van der Waals surface area contributed by atoms with Crippen molar-refractivity contribution in [3.8, 4) is 0 Å². The number of aryl methyl sites for hydroxylation is 3. The molecule has 30 heavy (non-hydrogen) atoms. The molecule has 0 atom stereocenters. The van der Waals surface area contributed by atoms with E-state index in [2.05, 4.69) is 26.0 Å². The van der Waals surface area contributed by atoms with Gasteiger partial charge in [-0.1, -0.05) is 43.4 Å². The summed E-state index contributed by atoms with van der Waals surface area (Å²) in [7, 11) is 0. The van der Waals surface area contributed by atoms with Gasteiger partial charge in [-0.25, -0.2) is 0 Å². The highest BCUT2D eigenvalue weighted by atomic mass is 16.4. The van der Waals surface area contributed by atoms with Crippen LogP contribution in [0.3, 0.4) is 0 Å². The van der Waals surface area contributed by atoms with E-state index < -0.39 is 22.8 Å². The van der Waals surface area contributed by atoms with Gasteiger partial charge in [0.25, 0.3) is 0 Å². The van der Waals surface area contributed by atoms with Gasteiger partial charge in [0.1, 0.15) is 0 Å². The minimum absolute atomic E-state index is 0.633. The van der Waals surface area contributed by atoms with Gasteiger partial charge in [0.2, 0.25) is 0 Å². The topological polar surface area (TPSA) is 74.6 Å². The van der Waals surface area contributed by atoms with Crippen LogP contribution in [0.2, 0.25) is 0 Å². The molecule has 2 N–H and O–H groups in total. The molecule has 0 radical (unpaired) electrons. The Balaban J connectivity index is 2.49. The third-order valence-electron chi connectivity index (χ3n) is 6.42. The molecular formula is C26H42O4. The zero-order valence-electron chi connectivity index (χ0n) is 19.9. The normalized spacial score (nSPS) is 12.2. The van der Waals surface area contributed by atoms with E-state index in [4.69, 9.17) is 0 Å². The van der Waals surface area contributed by atoms with Gasteiger partial charge in [-0.05, 0) is 96.8 Å². The predicted octanol–water partition coefficient (Wildman–Crippen LogP) is 6.73. The second-order valence-electron chi connectivity index (χ2n) is 10.2. The average molecular weight is 419 g/mol. The van der Waals surface area contributed by atoms with Gasteiger partial charge in [0.05, 0.1) is 10.8 Å². The quantitative estimate of drug-likeness (QED) is 0.328. The average Bonchev–Trinajstić information content (AvgIpc) is 2.63. The maximum Gasteiger partial charge on any atom is 0.309 e. The largest absolute Gasteiger partial charge is 0.481 e. The third-order valence-corrected chi connectivity index (χ3v) is 6.42. The van der Waals surface area contributed by atoms with E-state index >= 15 is 0 Å². The Kier molecular flexibility index (Phi) is 10.1. The molecule has 0 aliphatic rings. The fourth-order valence-corrected chi connectivity index (χ4v) is 3.87. The highest BCUT2D eigenvalue weighted by molar-refractivity contribution is 5.73. The molecule has 0 aliphatic heterocycles. The number of unbranched alkanes of at least 4 members (excludes halogenated alkanes) is 4.